The highest BCUT2D eigenvalue weighted by atomic mass is 16.5. The zero-order chi connectivity index (χ0) is 15.8. The number of amides is 2. The van der Waals surface area contributed by atoms with Crippen molar-refractivity contribution in [3.8, 4) is 0 Å². The fraction of sp³-hybridized carbons (Fsp3) is 0.500. The largest absolute Gasteiger partial charge is 0.382 e. The van der Waals surface area contributed by atoms with E-state index in [1.54, 1.807) is 19.2 Å². The maximum atomic E-state index is 12.0. The molecule has 0 aromatic heterocycles. The van der Waals surface area contributed by atoms with Gasteiger partial charge < -0.3 is 10.1 Å². The fourth-order valence-electron chi connectivity index (χ4n) is 2.61. The van der Waals surface area contributed by atoms with Gasteiger partial charge in [0.05, 0.1) is 16.7 Å². The number of carbonyl (C=O) groups is 2. The third-order valence-electron chi connectivity index (χ3n) is 3.85. The van der Waals surface area contributed by atoms with E-state index in [0.717, 1.165) is 17.0 Å². The van der Waals surface area contributed by atoms with E-state index in [0.29, 0.717) is 11.1 Å². The predicted octanol–water partition coefficient (Wildman–Crippen LogP) is 2.53. The first-order valence-corrected chi connectivity index (χ1v) is 7.03. The minimum Gasteiger partial charge on any atom is -0.382 e. The van der Waals surface area contributed by atoms with Crippen LogP contribution in [0.2, 0.25) is 0 Å². The number of imide groups is 1. The third kappa shape index (κ3) is 3.08. The van der Waals surface area contributed by atoms with Gasteiger partial charge in [0.1, 0.15) is 0 Å². The normalized spacial score (nSPS) is 16.1. The smallest absolute Gasteiger partial charge is 0.261 e. The number of carbonyl (C=O) groups excluding carboxylic acids is 2. The van der Waals surface area contributed by atoms with E-state index in [2.05, 4.69) is 12.2 Å². The van der Waals surface area contributed by atoms with Crippen molar-refractivity contribution in [3.63, 3.8) is 0 Å². The Balaban J connectivity index is 2.14. The standard InChI is InChI=1S/C16H22N2O3/c1-10(9-16(2,3)21-5)17-11-6-7-12-13(8-11)15(20)18(4)14(12)19/h6-8,10,17H,9H2,1-5H3. The number of nitrogens with one attached hydrogen (secondary N) is 1. The number of ether oxygens (including phenoxy) is 1. The molecule has 1 heterocycles. The van der Waals surface area contributed by atoms with Gasteiger partial charge in [-0.1, -0.05) is 0 Å². The van der Waals surface area contributed by atoms with Crippen LogP contribution in [0.25, 0.3) is 0 Å². The third-order valence-corrected chi connectivity index (χ3v) is 3.85. The van der Waals surface area contributed by atoms with Crippen molar-refractivity contribution in [3.05, 3.63) is 29.3 Å². The summed E-state index contributed by atoms with van der Waals surface area (Å²) in [5.74, 6) is -0.487. The number of rotatable bonds is 5. The molecular formula is C16H22N2O3. The van der Waals surface area contributed by atoms with Gasteiger partial charge in [-0.2, -0.15) is 0 Å². The van der Waals surface area contributed by atoms with E-state index in [1.165, 1.54) is 7.05 Å². The molecule has 0 radical (unpaired) electrons. The molecule has 1 unspecified atom stereocenters. The lowest BCUT2D eigenvalue weighted by atomic mass is 9.99. The molecule has 1 aliphatic rings. The van der Waals surface area contributed by atoms with Crippen LogP contribution in [0.1, 0.15) is 47.9 Å². The molecule has 114 valence electrons. The van der Waals surface area contributed by atoms with Gasteiger partial charge in [-0.05, 0) is 45.4 Å². The van der Waals surface area contributed by atoms with Gasteiger partial charge >= 0.3 is 0 Å². The second-order valence-corrected chi connectivity index (χ2v) is 6.14. The molecule has 21 heavy (non-hydrogen) atoms. The summed E-state index contributed by atoms with van der Waals surface area (Å²) in [5, 5.41) is 3.35. The van der Waals surface area contributed by atoms with Crippen LogP contribution < -0.4 is 5.32 Å². The van der Waals surface area contributed by atoms with Crippen LogP contribution in [-0.4, -0.2) is 42.5 Å². The van der Waals surface area contributed by atoms with Gasteiger partial charge in [0.15, 0.2) is 0 Å². The van der Waals surface area contributed by atoms with Gasteiger partial charge in [-0.3, -0.25) is 14.5 Å². The summed E-state index contributed by atoms with van der Waals surface area (Å²) in [4.78, 5) is 25.0. The lowest BCUT2D eigenvalue weighted by Crippen LogP contribution is -2.31. The predicted molar refractivity (Wildman–Crippen MR) is 81.7 cm³/mol. The van der Waals surface area contributed by atoms with E-state index < -0.39 is 0 Å². The summed E-state index contributed by atoms with van der Waals surface area (Å²) < 4.78 is 5.42. The highest BCUT2D eigenvalue weighted by molar-refractivity contribution is 6.21. The van der Waals surface area contributed by atoms with Crippen LogP contribution in [0, 0.1) is 0 Å². The summed E-state index contributed by atoms with van der Waals surface area (Å²) in [6, 6.07) is 5.47. The van der Waals surface area contributed by atoms with Crippen LogP contribution in [0.5, 0.6) is 0 Å². The molecular weight excluding hydrogens is 268 g/mol. The zero-order valence-electron chi connectivity index (χ0n) is 13.2. The summed E-state index contributed by atoms with van der Waals surface area (Å²) in [7, 11) is 3.20. The Labute approximate surface area is 125 Å². The van der Waals surface area contributed by atoms with Crippen molar-refractivity contribution < 1.29 is 14.3 Å². The molecule has 0 bridgehead atoms. The van der Waals surface area contributed by atoms with Gasteiger partial charge in [-0.25, -0.2) is 0 Å². The van der Waals surface area contributed by atoms with Crippen molar-refractivity contribution in [2.24, 2.45) is 0 Å². The van der Waals surface area contributed by atoms with Crippen molar-refractivity contribution in [2.45, 2.75) is 38.8 Å². The molecule has 1 aromatic rings. The average molecular weight is 290 g/mol. The molecule has 0 spiro atoms. The van der Waals surface area contributed by atoms with Crippen LogP contribution in [0.3, 0.4) is 0 Å². The van der Waals surface area contributed by atoms with Gasteiger partial charge in [-0.15, -0.1) is 0 Å². The Morgan fingerprint density at radius 3 is 2.48 bits per heavy atom. The molecule has 1 atom stereocenters. The first kappa shape index (κ1) is 15.5. The summed E-state index contributed by atoms with van der Waals surface area (Å²) in [5.41, 5.74) is 1.56. The van der Waals surface area contributed by atoms with E-state index in [4.69, 9.17) is 4.74 Å². The SMILES string of the molecule is COC(C)(C)CC(C)Nc1ccc2c(c1)C(=O)N(C)C2=O. The summed E-state index contributed by atoms with van der Waals surface area (Å²) in [6.45, 7) is 6.13. The zero-order valence-corrected chi connectivity index (χ0v) is 13.2. The first-order chi connectivity index (χ1) is 9.75. The van der Waals surface area contributed by atoms with Crippen molar-refractivity contribution >= 4 is 17.5 Å². The van der Waals surface area contributed by atoms with Gasteiger partial charge in [0.25, 0.3) is 11.8 Å². The monoisotopic (exact) mass is 290 g/mol. The number of benzene rings is 1. The van der Waals surface area contributed by atoms with E-state index >= 15 is 0 Å². The van der Waals surface area contributed by atoms with E-state index in [-0.39, 0.29) is 23.5 Å². The molecule has 1 N–H and O–H groups in total. The molecule has 0 saturated carbocycles. The number of hydrogen-bond acceptors (Lipinski definition) is 4. The maximum Gasteiger partial charge on any atom is 0.261 e. The molecule has 1 aliphatic heterocycles. The van der Waals surface area contributed by atoms with Crippen LogP contribution in [-0.2, 0) is 4.74 Å². The highest BCUT2D eigenvalue weighted by Gasteiger charge is 2.32. The Hall–Kier alpha value is -1.88. The van der Waals surface area contributed by atoms with Crippen molar-refractivity contribution in [1.29, 1.82) is 0 Å². The quantitative estimate of drug-likeness (QED) is 0.847. The topological polar surface area (TPSA) is 58.6 Å². The molecule has 0 fully saturated rings. The first-order valence-electron chi connectivity index (χ1n) is 7.03. The van der Waals surface area contributed by atoms with Crippen LogP contribution >= 0.6 is 0 Å². The second kappa shape index (κ2) is 5.48. The minimum absolute atomic E-state index is 0.183. The van der Waals surface area contributed by atoms with Gasteiger partial charge in [0.2, 0.25) is 0 Å². The number of nitrogens with zero attached hydrogens (tertiary/aromatic N) is 1. The van der Waals surface area contributed by atoms with Gasteiger partial charge in [0, 0.05) is 25.9 Å². The average Bonchev–Trinajstić information content (AvgIpc) is 2.63. The number of hydrogen-bond donors (Lipinski definition) is 1. The highest BCUT2D eigenvalue weighted by Crippen LogP contribution is 2.26. The minimum atomic E-state index is -0.247. The van der Waals surface area contributed by atoms with Crippen molar-refractivity contribution in [1.82, 2.24) is 4.90 Å². The molecule has 1 aromatic carbocycles. The molecule has 5 nitrogen and oxygen atoms in total. The molecule has 5 heteroatoms. The van der Waals surface area contributed by atoms with Crippen LogP contribution in [0.4, 0.5) is 5.69 Å². The lowest BCUT2D eigenvalue weighted by Gasteiger charge is -2.27. The maximum absolute atomic E-state index is 12.0. The molecule has 2 rings (SSSR count). The molecule has 2 amide bonds. The molecule has 0 aliphatic carbocycles. The van der Waals surface area contributed by atoms with Crippen molar-refractivity contribution in [2.75, 3.05) is 19.5 Å². The molecule has 0 saturated heterocycles. The fourth-order valence-corrected chi connectivity index (χ4v) is 2.61. The Morgan fingerprint density at radius 2 is 1.86 bits per heavy atom. The Morgan fingerprint density at radius 1 is 1.24 bits per heavy atom. The van der Waals surface area contributed by atoms with E-state index in [9.17, 15) is 9.59 Å². The van der Waals surface area contributed by atoms with Crippen LogP contribution in [0.15, 0.2) is 18.2 Å². The number of methoxy groups -OCH3 is 1. The van der Waals surface area contributed by atoms with E-state index in [1.807, 2.05) is 19.9 Å². The Kier molecular flexibility index (Phi) is 4.05. The number of fused-ring (bicyclic) bond motifs is 1. The Bertz CT molecular complexity index is 581. The summed E-state index contributed by atoms with van der Waals surface area (Å²) in [6.07, 6.45) is 0.827. The summed E-state index contributed by atoms with van der Waals surface area (Å²) >= 11 is 0. The number of anilines is 1. The second-order valence-electron chi connectivity index (χ2n) is 6.14. The lowest BCUT2D eigenvalue weighted by molar-refractivity contribution is 0.0128.